The third-order valence-corrected chi connectivity index (χ3v) is 1.84. The van der Waals surface area contributed by atoms with Gasteiger partial charge in [0.25, 0.3) is 0 Å². The van der Waals surface area contributed by atoms with Gasteiger partial charge in [-0.25, -0.2) is 0 Å². The van der Waals surface area contributed by atoms with E-state index in [1.54, 1.807) is 13.8 Å². The van der Waals surface area contributed by atoms with E-state index in [4.69, 9.17) is 4.74 Å². The molecule has 0 radical (unpaired) electrons. The Balaban J connectivity index is 2.59. The van der Waals surface area contributed by atoms with E-state index in [1.807, 2.05) is 0 Å². The molecule has 0 aliphatic carbocycles. The average Bonchev–Trinajstić information content (AvgIpc) is 2.66. The van der Waals surface area contributed by atoms with Gasteiger partial charge in [0.15, 0.2) is 0 Å². The van der Waals surface area contributed by atoms with Gasteiger partial charge in [-0.2, -0.15) is 4.68 Å². The number of carbonyl (C=O) groups excluding carboxylic acids is 1. The smallest absolute Gasteiger partial charge is 0.466 e. The standard InChI is InChI=1S/C8H12N4O4/c1-3-16-7(13)6(2)4-11-5-9-8(10-11)12(14)15/h5-6H,3-4H2,1-2H3. The average molecular weight is 228 g/mol. The molecule has 1 rings (SSSR count). The van der Waals surface area contributed by atoms with Gasteiger partial charge in [0.1, 0.15) is 0 Å². The first-order valence-electron chi connectivity index (χ1n) is 4.75. The number of hydrogen-bond acceptors (Lipinski definition) is 6. The van der Waals surface area contributed by atoms with E-state index >= 15 is 0 Å². The molecule has 0 bridgehead atoms. The second-order valence-electron chi connectivity index (χ2n) is 3.18. The maximum atomic E-state index is 11.3. The van der Waals surface area contributed by atoms with E-state index < -0.39 is 16.8 Å². The topological polar surface area (TPSA) is 100 Å². The van der Waals surface area contributed by atoms with Gasteiger partial charge in [-0.3, -0.25) is 4.79 Å². The highest BCUT2D eigenvalue weighted by Crippen LogP contribution is 2.05. The number of esters is 1. The first kappa shape index (κ1) is 12.1. The summed E-state index contributed by atoms with van der Waals surface area (Å²) in [6, 6.07) is 0. The van der Waals surface area contributed by atoms with Crippen LogP contribution in [0.15, 0.2) is 6.33 Å². The molecule has 0 aliphatic heterocycles. The van der Waals surface area contributed by atoms with Crippen LogP contribution < -0.4 is 0 Å². The molecular weight excluding hydrogens is 216 g/mol. The number of ether oxygens (including phenoxy) is 1. The Kier molecular flexibility index (Phi) is 3.92. The maximum absolute atomic E-state index is 11.3. The van der Waals surface area contributed by atoms with Crippen molar-refractivity contribution < 1.29 is 14.5 Å². The predicted octanol–water partition coefficient (Wildman–Crippen LogP) is 0.385. The van der Waals surface area contributed by atoms with Crippen LogP contribution in [0.1, 0.15) is 13.8 Å². The summed E-state index contributed by atoms with van der Waals surface area (Å²) in [6.07, 6.45) is 1.22. The third kappa shape index (κ3) is 3.01. The van der Waals surface area contributed by atoms with E-state index in [-0.39, 0.29) is 12.5 Å². The molecule has 8 nitrogen and oxygen atoms in total. The minimum atomic E-state index is -0.689. The summed E-state index contributed by atoms with van der Waals surface area (Å²) in [4.78, 5) is 24.4. The van der Waals surface area contributed by atoms with Gasteiger partial charge in [-0.15, -0.1) is 0 Å². The number of hydrogen-bond donors (Lipinski definition) is 0. The Morgan fingerprint density at radius 2 is 2.44 bits per heavy atom. The van der Waals surface area contributed by atoms with Crippen molar-refractivity contribution in [3.8, 4) is 0 Å². The molecule has 0 saturated heterocycles. The summed E-state index contributed by atoms with van der Waals surface area (Å²) in [5.74, 6) is -1.25. The Labute approximate surface area is 91.4 Å². The van der Waals surface area contributed by atoms with Gasteiger partial charge in [-0.05, 0) is 11.8 Å². The van der Waals surface area contributed by atoms with Crippen LogP contribution in [0.3, 0.4) is 0 Å². The maximum Gasteiger partial charge on any atom is 0.490 e. The molecule has 1 aromatic heterocycles. The van der Waals surface area contributed by atoms with Crippen LogP contribution in [0.25, 0.3) is 0 Å². The predicted molar refractivity (Wildman–Crippen MR) is 52.5 cm³/mol. The van der Waals surface area contributed by atoms with Gasteiger partial charge < -0.3 is 14.9 Å². The van der Waals surface area contributed by atoms with Crippen molar-refractivity contribution in [1.82, 2.24) is 14.8 Å². The zero-order valence-corrected chi connectivity index (χ0v) is 8.99. The molecule has 0 saturated carbocycles. The van der Waals surface area contributed by atoms with E-state index in [0.717, 1.165) is 0 Å². The highest BCUT2D eigenvalue weighted by Gasteiger charge is 2.19. The number of aromatic nitrogens is 3. The quantitative estimate of drug-likeness (QED) is 0.410. The third-order valence-electron chi connectivity index (χ3n) is 1.84. The second kappa shape index (κ2) is 5.19. The van der Waals surface area contributed by atoms with Crippen molar-refractivity contribution in [1.29, 1.82) is 0 Å². The van der Waals surface area contributed by atoms with Crippen LogP contribution in [0.2, 0.25) is 0 Å². The van der Waals surface area contributed by atoms with Crippen molar-refractivity contribution in [2.45, 2.75) is 20.4 Å². The lowest BCUT2D eigenvalue weighted by Gasteiger charge is -2.07. The molecule has 0 aliphatic rings. The van der Waals surface area contributed by atoms with Gasteiger partial charge in [0, 0.05) is 5.10 Å². The van der Waals surface area contributed by atoms with Crippen molar-refractivity contribution in [3.05, 3.63) is 16.4 Å². The number of nitrogens with zero attached hydrogens (tertiary/aromatic N) is 4. The first-order chi connectivity index (χ1) is 7.54. The summed E-state index contributed by atoms with van der Waals surface area (Å²) < 4.78 is 6.05. The largest absolute Gasteiger partial charge is 0.490 e. The number of carbonyl (C=O) groups is 1. The van der Waals surface area contributed by atoms with E-state index in [2.05, 4.69) is 10.1 Å². The van der Waals surface area contributed by atoms with Crippen molar-refractivity contribution in [2.75, 3.05) is 6.61 Å². The van der Waals surface area contributed by atoms with Gasteiger partial charge in [0.2, 0.25) is 6.33 Å². The van der Waals surface area contributed by atoms with Gasteiger partial charge in [0.05, 0.1) is 19.1 Å². The Morgan fingerprint density at radius 1 is 1.75 bits per heavy atom. The number of rotatable bonds is 5. The lowest BCUT2D eigenvalue weighted by Crippen LogP contribution is -2.20. The summed E-state index contributed by atoms with van der Waals surface area (Å²) in [5.41, 5.74) is 0. The fourth-order valence-electron chi connectivity index (χ4n) is 1.10. The zero-order valence-electron chi connectivity index (χ0n) is 8.99. The Bertz CT molecular complexity index is 389. The second-order valence-corrected chi connectivity index (χ2v) is 3.18. The van der Waals surface area contributed by atoms with Gasteiger partial charge >= 0.3 is 11.9 Å². The molecule has 1 unspecified atom stereocenters. The first-order valence-corrected chi connectivity index (χ1v) is 4.75. The molecular formula is C8H12N4O4. The van der Waals surface area contributed by atoms with Crippen molar-refractivity contribution in [3.63, 3.8) is 0 Å². The van der Waals surface area contributed by atoms with Crippen LogP contribution in [0.4, 0.5) is 5.95 Å². The lowest BCUT2D eigenvalue weighted by molar-refractivity contribution is -0.394. The molecule has 1 heterocycles. The SMILES string of the molecule is CCOC(=O)C(C)Cn1cnc([N+](=O)[O-])n1. The summed E-state index contributed by atoms with van der Waals surface area (Å²) >= 11 is 0. The number of nitro groups is 1. The van der Waals surface area contributed by atoms with E-state index in [1.165, 1.54) is 11.0 Å². The molecule has 0 amide bonds. The molecule has 1 aromatic rings. The molecule has 88 valence electrons. The van der Waals surface area contributed by atoms with Crippen LogP contribution >= 0.6 is 0 Å². The van der Waals surface area contributed by atoms with Crippen molar-refractivity contribution >= 4 is 11.9 Å². The Hall–Kier alpha value is -1.99. The highest BCUT2D eigenvalue weighted by atomic mass is 16.6. The zero-order chi connectivity index (χ0) is 12.1. The van der Waals surface area contributed by atoms with Crippen LogP contribution in [-0.2, 0) is 16.1 Å². The Morgan fingerprint density at radius 3 is 2.94 bits per heavy atom. The fraction of sp³-hybridized carbons (Fsp3) is 0.625. The van der Waals surface area contributed by atoms with Gasteiger partial charge in [-0.1, -0.05) is 11.9 Å². The molecule has 16 heavy (non-hydrogen) atoms. The highest BCUT2D eigenvalue weighted by molar-refractivity contribution is 5.71. The van der Waals surface area contributed by atoms with Crippen LogP contribution in [0.5, 0.6) is 0 Å². The molecule has 0 fully saturated rings. The molecule has 1 atom stereocenters. The summed E-state index contributed by atoms with van der Waals surface area (Å²) in [7, 11) is 0. The lowest BCUT2D eigenvalue weighted by atomic mass is 10.2. The molecule has 0 aromatic carbocycles. The van der Waals surface area contributed by atoms with Crippen LogP contribution in [0, 0.1) is 16.0 Å². The van der Waals surface area contributed by atoms with Crippen molar-refractivity contribution in [2.24, 2.45) is 5.92 Å². The van der Waals surface area contributed by atoms with E-state index in [9.17, 15) is 14.9 Å². The minimum absolute atomic E-state index is 0.208. The van der Waals surface area contributed by atoms with Crippen LogP contribution in [-0.4, -0.2) is 32.3 Å². The fourth-order valence-corrected chi connectivity index (χ4v) is 1.10. The molecule has 0 N–H and O–H groups in total. The summed E-state index contributed by atoms with van der Waals surface area (Å²) in [6.45, 7) is 3.89. The monoisotopic (exact) mass is 228 g/mol. The molecule has 8 heteroatoms. The summed E-state index contributed by atoms with van der Waals surface area (Å²) in [5, 5.41) is 13.9. The molecule has 0 spiro atoms. The normalized spacial score (nSPS) is 12.1. The van der Waals surface area contributed by atoms with E-state index in [0.29, 0.717) is 6.61 Å². The minimum Gasteiger partial charge on any atom is -0.466 e.